The summed E-state index contributed by atoms with van der Waals surface area (Å²) in [6, 6.07) is 10.9. The van der Waals surface area contributed by atoms with Crippen LogP contribution in [0.15, 0.2) is 42.7 Å². The highest BCUT2D eigenvalue weighted by molar-refractivity contribution is 5.15. The van der Waals surface area contributed by atoms with Crippen molar-refractivity contribution in [3.63, 3.8) is 0 Å². The first-order valence-electron chi connectivity index (χ1n) is 12.6. The van der Waals surface area contributed by atoms with Gasteiger partial charge in [0.05, 0.1) is 0 Å². The third kappa shape index (κ3) is 9.74. The molecule has 1 aliphatic rings. The zero-order chi connectivity index (χ0) is 20.6. The van der Waals surface area contributed by atoms with Gasteiger partial charge in [-0.15, -0.1) is 0 Å². The Morgan fingerprint density at radius 1 is 0.621 bits per heavy atom. The molecule has 0 aromatic heterocycles. The molecule has 2 rings (SSSR count). The monoisotopic (exact) mass is 398 g/mol. The zero-order valence-electron chi connectivity index (χ0n) is 19.3. The van der Waals surface area contributed by atoms with Crippen LogP contribution in [0, 0.1) is 0 Å². The average Bonchev–Trinajstić information content (AvgIpc) is 3.12. The maximum atomic E-state index is 2.62. The molecule has 1 aliphatic heterocycles. The second-order valence-electron chi connectivity index (χ2n) is 8.85. The van der Waals surface area contributed by atoms with Gasteiger partial charge in [0.25, 0.3) is 0 Å². The van der Waals surface area contributed by atoms with Crippen molar-refractivity contribution in [2.75, 3.05) is 6.54 Å². The lowest BCUT2D eigenvalue weighted by atomic mass is 10.1. The molecular weight excluding hydrogens is 352 g/mol. The van der Waals surface area contributed by atoms with Crippen molar-refractivity contribution in [3.8, 4) is 0 Å². The summed E-state index contributed by atoms with van der Waals surface area (Å²) in [5, 5.41) is 0. The molecule has 164 valence electrons. The van der Waals surface area contributed by atoms with E-state index in [9.17, 15) is 0 Å². The highest BCUT2D eigenvalue weighted by Gasteiger charge is 2.25. The van der Waals surface area contributed by atoms with E-state index in [0.717, 1.165) is 6.54 Å². The standard InChI is InChI=1S/C27H46N2/c1-3-5-7-9-10-11-13-18-22-28-23-24-29(25-26-19-15-14-16-20-26)27(28)21-17-12-8-6-4-2/h14-16,19-20,23-24,27H,3-13,17-18,21-22,25H2,1-2H3. The van der Waals surface area contributed by atoms with Gasteiger partial charge in [-0.2, -0.15) is 0 Å². The molecule has 0 fully saturated rings. The topological polar surface area (TPSA) is 6.48 Å². The normalized spacial score (nSPS) is 16.1. The summed E-state index contributed by atoms with van der Waals surface area (Å²) < 4.78 is 0. The van der Waals surface area contributed by atoms with Gasteiger partial charge in [0, 0.05) is 25.5 Å². The molecule has 1 atom stereocenters. The van der Waals surface area contributed by atoms with E-state index in [1.54, 1.807) is 0 Å². The van der Waals surface area contributed by atoms with Gasteiger partial charge < -0.3 is 9.80 Å². The summed E-state index contributed by atoms with van der Waals surface area (Å²) in [7, 11) is 0. The largest absolute Gasteiger partial charge is 0.356 e. The first-order chi connectivity index (χ1) is 14.3. The summed E-state index contributed by atoms with van der Waals surface area (Å²) >= 11 is 0. The van der Waals surface area contributed by atoms with Crippen LogP contribution in [-0.2, 0) is 6.54 Å². The highest BCUT2D eigenvalue weighted by Crippen LogP contribution is 2.24. The highest BCUT2D eigenvalue weighted by atomic mass is 15.4. The fraction of sp³-hybridized carbons (Fsp3) is 0.704. The zero-order valence-corrected chi connectivity index (χ0v) is 19.3. The van der Waals surface area contributed by atoms with E-state index in [-0.39, 0.29) is 0 Å². The molecule has 1 aromatic rings. The average molecular weight is 399 g/mol. The second-order valence-corrected chi connectivity index (χ2v) is 8.85. The smallest absolute Gasteiger partial charge is 0.101 e. The maximum Gasteiger partial charge on any atom is 0.101 e. The van der Waals surface area contributed by atoms with Crippen molar-refractivity contribution in [1.29, 1.82) is 0 Å². The molecule has 1 unspecified atom stereocenters. The van der Waals surface area contributed by atoms with Gasteiger partial charge in [-0.3, -0.25) is 0 Å². The summed E-state index contributed by atoms with van der Waals surface area (Å²) in [6.45, 7) is 6.85. The van der Waals surface area contributed by atoms with Gasteiger partial charge in [-0.1, -0.05) is 115 Å². The van der Waals surface area contributed by atoms with Crippen LogP contribution in [0.5, 0.6) is 0 Å². The molecule has 0 N–H and O–H groups in total. The van der Waals surface area contributed by atoms with Crippen molar-refractivity contribution in [3.05, 3.63) is 48.3 Å². The predicted octanol–water partition coefficient (Wildman–Crippen LogP) is 8.10. The molecule has 0 bridgehead atoms. The molecule has 0 radical (unpaired) electrons. The molecule has 0 spiro atoms. The van der Waals surface area contributed by atoms with E-state index in [0.29, 0.717) is 6.17 Å². The lowest BCUT2D eigenvalue weighted by Crippen LogP contribution is -2.38. The third-order valence-corrected chi connectivity index (χ3v) is 6.26. The first kappa shape index (κ1) is 23.8. The Labute approximate surface area is 181 Å². The van der Waals surface area contributed by atoms with E-state index < -0.39 is 0 Å². The summed E-state index contributed by atoms with van der Waals surface area (Å²) in [4.78, 5) is 5.19. The Bertz CT molecular complexity index is 525. The van der Waals surface area contributed by atoms with Crippen LogP contribution in [-0.4, -0.2) is 22.5 Å². The van der Waals surface area contributed by atoms with Crippen molar-refractivity contribution in [2.24, 2.45) is 0 Å². The van der Waals surface area contributed by atoms with E-state index in [1.165, 1.54) is 102 Å². The van der Waals surface area contributed by atoms with E-state index in [2.05, 4.69) is 66.4 Å². The summed E-state index contributed by atoms with van der Waals surface area (Å²) in [6.07, 6.45) is 24.6. The van der Waals surface area contributed by atoms with Gasteiger partial charge in [0.2, 0.25) is 0 Å². The predicted molar refractivity (Wildman–Crippen MR) is 128 cm³/mol. The number of unbranched alkanes of at least 4 members (excludes halogenated alkanes) is 11. The number of rotatable bonds is 17. The second kappa shape index (κ2) is 15.4. The minimum atomic E-state index is 0.557. The number of benzene rings is 1. The van der Waals surface area contributed by atoms with E-state index in [1.807, 2.05) is 0 Å². The molecule has 0 saturated heterocycles. The lowest BCUT2D eigenvalue weighted by molar-refractivity contribution is 0.132. The van der Waals surface area contributed by atoms with Crippen LogP contribution in [0.25, 0.3) is 0 Å². The van der Waals surface area contributed by atoms with Gasteiger partial charge in [-0.05, 0) is 24.8 Å². The minimum Gasteiger partial charge on any atom is -0.356 e. The van der Waals surface area contributed by atoms with E-state index in [4.69, 9.17) is 0 Å². The fourth-order valence-corrected chi connectivity index (χ4v) is 4.43. The van der Waals surface area contributed by atoms with Crippen molar-refractivity contribution >= 4 is 0 Å². The van der Waals surface area contributed by atoms with Gasteiger partial charge in [0.15, 0.2) is 0 Å². The van der Waals surface area contributed by atoms with Crippen LogP contribution in [0.1, 0.15) is 109 Å². The van der Waals surface area contributed by atoms with Crippen molar-refractivity contribution < 1.29 is 0 Å². The molecule has 2 nitrogen and oxygen atoms in total. The van der Waals surface area contributed by atoms with Crippen LogP contribution >= 0.6 is 0 Å². The SMILES string of the molecule is CCCCCCCCCCN1C=CN(Cc2ccccc2)C1CCCCCCC. The van der Waals surface area contributed by atoms with Crippen LogP contribution in [0.3, 0.4) is 0 Å². The van der Waals surface area contributed by atoms with Crippen molar-refractivity contribution in [2.45, 2.75) is 116 Å². The van der Waals surface area contributed by atoms with Crippen LogP contribution in [0.2, 0.25) is 0 Å². The Kier molecular flexibility index (Phi) is 12.7. The maximum absolute atomic E-state index is 2.62. The Morgan fingerprint density at radius 2 is 1.17 bits per heavy atom. The summed E-state index contributed by atoms with van der Waals surface area (Å²) in [5.74, 6) is 0. The Morgan fingerprint density at radius 3 is 1.83 bits per heavy atom. The Hall–Kier alpha value is -1.44. The quantitative estimate of drug-likeness (QED) is 0.244. The molecule has 0 aliphatic carbocycles. The third-order valence-electron chi connectivity index (χ3n) is 6.26. The van der Waals surface area contributed by atoms with Crippen molar-refractivity contribution in [1.82, 2.24) is 9.80 Å². The fourth-order valence-electron chi connectivity index (χ4n) is 4.43. The number of hydrogen-bond acceptors (Lipinski definition) is 2. The van der Waals surface area contributed by atoms with E-state index >= 15 is 0 Å². The van der Waals surface area contributed by atoms with Gasteiger partial charge >= 0.3 is 0 Å². The first-order valence-corrected chi connectivity index (χ1v) is 12.6. The van der Waals surface area contributed by atoms with Crippen LogP contribution in [0.4, 0.5) is 0 Å². The number of nitrogens with zero attached hydrogens (tertiary/aromatic N) is 2. The molecule has 1 heterocycles. The van der Waals surface area contributed by atoms with Crippen LogP contribution < -0.4 is 0 Å². The number of hydrogen-bond donors (Lipinski definition) is 0. The molecule has 2 heteroatoms. The van der Waals surface area contributed by atoms with Gasteiger partial charge in [0.1, 0.15) is 6.17 Å². The molecular formula is C27H46N2. The van der Waals surface area contributed by atoms with Gasteiger partial charge in [-0.25, -0.2) is 0 Å². The lowest BCUT2D eigenvalue weighted by Gasteiger charge is -2.33. The Balaban J connectivity index is 1.74. The molecule has 1 aromatic carbocycles. The molecule has 29 heavy (non-hydrogen) atoms. The molecule has 0 saturated carbocycles. The minimum absolute atomic E-state index is 0.557. The summed E-state index contributed by atoms with van der Waals surface area (Å²) in [5.41, 5.74) is 1.42. The molecule has 0 amide bonds.